The fraction of sp³-hybridized carbons (Fsp3) is 0.222. The number of rotatable bonds is 3. The summed E-state index contributed by atoms with van der Waals surface area (Å²) >= 11 is 11.7. The molecule has 1 aliphatic heterocycles. The number of alkyl halides is 3. The summed E-state index contributed by atoms with van der Waals surface area (Å²) in [5.41, 5.74) is 0.0450. The second-order valence-electron chi connectivity index (χ2n) is 5.95. The van der Waals surface area contributed by atoms with Crippen LogP contribution >= 0.6 is 23.2 Å². The van der Waals surface area contributed by atoms with Crippen molar-refractivity contribution in [2.75, 3.05) is 16.8 Å². The molecule has 148 valence electrons. The van der Waals surface area contributed by atoms with Gasteiger partial charge in [0.15, 0.2) is 6.61 Å². The van der Waals surface area contributed by atoms with E-state index >= 15 is 0 Å². The van der Waals surface area contributed by atoms with Crippen molar-refractivity contribution in [1.29, 1.82) is 0 Å². The Labute approximate surface area is 168 Å². The van der Waals surface area contributed by atoms with Crippen LogP contribution in [0.2, 0.25) is 10.0 Å². The summed E-state index contributed by atoms with van der Waals surface area (Å²) in [5, 5.41) is 2.84. The average molecular weight is 433 g/mol. The number of nitrogens with one attached hydrogen (secondary N) is 1. The summed E-state index contributed by atoms with van der Waals surface area (Å²) in [6.07, 6.45) is -5.74. The zero-order chi connectivity index (χ0) is 20.5. The van der Waals surface area contributed by atoms with E-state index in [-0.39, 0.29) is 22.1 Å². The van der Waals surface area contributed by atoms with Crippen LogP contribution < -0.4 is 15.0 Å². The molecular formula is C18H13Cl2F3N2O3. The molecule has 2 aromatic carbocycles. The van der Waals surface area contributed by atoms with Gasteiger partial charge in [0, 0.05) is 5.02 Å². The molecule has 0 spiro atoms. The lowest BCUT2D eigenvalue weighted by Crippen LogP contribution is -2.51. The van der Waals surface area contributed by atoms with Crippen LogP contribution in [0.25, 0.3) is 0 Å². The number of carbonyl (C=O) groups is 2. The third-order valence-corrected chi connectivity index (χ3v) is 4.55. The Morgan fingerprint density at radius 1 is 1.21 bits per heavy atom. The number of ether oxygens (including phenoxy) is 1. The maximum absolute atomic E-state index is 13.6. The van der Waals surface area contributed by atoms with Gasteiger partial charge in [-0.3, -0.25) is 14.5 Å². The number of carbonyl (C=O) groups excluding carboxylic acids is 2. The van der Waals surface area contributed by atoms with Crippen molar-refractivity contribution in [3.05, 3.63) is 52.5 Å². The van der Waals surface area contributed by atoms with Crippen molar-refractivity contribution < 1.29 is 27.5 Å². The second-order valence-corrected chi connectivity index (χ2v) is 6.80. The monoisotopic (exact) mass is 432 g/mol. The smallest absolute Gasteiger partial charge is 0.409 e. The topological polar surface area (TPSA) is 58.6 Å². The molecule has 2 amide bonds. The van der Waals surface area contributed by atoms with E-state index in [1.807, 2.05) is 0 Å². The minimum atomic E-state index is -4.82. The summed E-state index contributed by atoms with van der Waals surface area (Å²) in [5.74, 6) is -1.72. The van der Waals surface area contributed by atoms with E-state index in [1.165, 1.54) is 36.4 Å². The molecule has 1 aliphatic rings. The van der Waals surface area contributed by atoms with Gasteiger partial charge in [0.25, 0.3) is 5.91 Å². The third kappa shape index (κ3) is 4.34. The van der Waals surface area contributed by atoms with Gasteiger partial charge in [0.05, 0.1) is 22.8 Å². The van der Waals surface area contributed by atoms with E-state index in [2.05, 4.69) is 5.32 Å². The van der Waals surface area contributed by atoms with Crippen LogP contribution in [0.5, 0.6) is 5.75 Å². The molecule has 0 fully saturated rings. The molecule has 5 nitrogen and oxygen atoms in total. The highest BCUT2D eigenvalue weighted by molar-refractivity contribution is 6.35. The fourth-order valence-electron chi connectivity index (χ4n) is 2.80. The summed E-state index contributed by atoms with van der Waals surface area (Å²) in [4.78, 5) is 25.2. The number of para-hydroxylation sites is 2. The zero-order valence-corrected chi connectivity index (χ0v) is 15.6. The van der Waals surface area contributed by atoms with Crippen molar-refractivity contribution in [3.8, 4) is 5.75 Å². The van der Waals surface area contributed by atoms with Gasteiger partial charge in [-0.05, 0) is 30.3 Å². The molecule has 0 saturated heterocycles. The molecule has 10 heteroatoms. The van der Waals surface area contributed by atoms with E-state index in [0.29, 0.717) is 9.92 Å². The Morgan fingerprint density at radius 2 is 1.93 bits per heavy atom. The molecule has 0 aliphatic carbocycles. The van der Waals surface area contributed by atoms with Gasteiger partial charge in [0.2, 0.25) is 5.91 Å². The summed E-state index contributed by atoms with van der Waals surface area (Å²) in [6.45, 7) is -0.712. The SMILES string of the molecule is O=C1CC(C(F)(F)F)N(C(=O)COc2ccc(Cl)cc2Cl)c2ccccc2N1. The Bertz CT molecular complexity index is 921. The van der Waals surface area contributed by atoms with Crippen LogP contribution in [-0.2, 0) is 9.59 Å². The number of anilines is 2. The van der Waals surface area contributed by atoms with Gasteiger partial charge < -0.3 is 10.1 Å². The van der Waals surface area contributed by atoms with Crippen LogP contribution in [0.4, 0.5) is 24.5 Å². The van der Waals surface area contributed by atoms with Crippen LogP contribution in [-0.4, -0.2) is 30.6 Å². The fourth-order valence-corrected chi connectivity index (χ4v) is 3.26. The molecule has 0 saturated carbocycles. The minimum Gasteiger partial charge on any atom is -0.482 e. The lowest BCUT2D eigenvalue weighted by molar-refractivity contribution is -0.158. The van der Waals surface area contributed by atoms with Crippen LogP contribution in [0.15, 0.2) is 42.5 Å². The summed E-state index contributed by atoms with van der Waals surface area (Å²) in [6, 6.07) is 7.69. The maximum Gasteiger partial charge on any atom is 0.409 e. The van der Waals surface area contributed by atoms with E-state index in [1.54, 1.807) is 6.07 Å². The molecule has 3 rings (SSSR count). The second kappa shape index (κ2) is 7.89. The van der Waals surface area contributed by atoms with Crippen molar-refractivity contribution >= 4 is 46.4 Å². The molecule has 0 bridgehead atoms. The van der Waals surface area contributed by atoms with Gasteiger partial charge in [-0.25, -0.2) is 0 Å². The van der Waals surface area contributed by atoms with Crippen LogP contribution in [0, 0.1) is 0 Å². The quantitative estimate of drug-likeness (QED) is 0.765. The van der Waals surface area contributed by atoms with Crippen molar-refractivity contribution in [3.63, 3.8) is 0 Å². The lowest BCUT2D eigenvalue weighted by atomic mass is 10.1. The first-order chi connectivity index (χ1) is 13.2. The lowest BCUT2D eigenvalue weighted by Gasteiger charge is -2.31. The molecule has 1 atom stereocenters. The standard InChI is InChI=1S/C18H13Cl2F3N2O3/c19-10-5-6-14(11(20)7-10)28-9-17(27)25-13-4-2-1-3-12(13)24-16(26)8-15(25)18(21,22)23/h1-7,15H,8-9H2,(H,24,26). The average Bonchev–Trinajstić information content (AvgIpc) is 2.76. The Balaban J connectivity index is 1.92. The summed E-state index contributed by atoms with van der Waals surface area (Å²) < 4.78 is 46.2. The predicted octanol–water partition coefficient (Wildman–Crippen LogP) is 4.68. The molecule has 2 aromatic rings. The highest BCUT2D eigenvalue weighted by atomic mass is 35.5. The van der Waals surface area contributed by atoms with Crippen LogP contribution in [0.1, 0.15) is 6.42 Å². The normalized spacial score (nSPS) is 16.8. The predicted molar refractivity (Wildman–Crippen MR) is 99.0 cm³/mol. The maximum atomic E-state index is 13.6. The highest BCUT2D eigenvalue weighted by Crippen LogP contribution is 2.38. The van der Waals surface area contributed by atoms with Crippen molar-refractivity contribution in [2.45, 2.75) is 18.6 Å². The summed E-state index contributed by atoms with van der Waals surface area (Å²) in [7, 11) is 0. The first-order valence-corrected chi connectivity index (χ1v) is 8.78. The molecule has 1 N–H and O–H groups in total. The zero-order valence-electron chi connectivity index (χ0n) is 14.1. The number of fused-ring (bicyclic) bond motifs is 1. The van der Waals surface area contributed by atoms with Gasteiger partial charge in [-0.1, -0.05) is 35.3 Å². The van der Waals surface area contributed by atoms with E-state index in [9.17, 15) is 22.8 Å². The van der Waals surface area contributed by atoms with Gasteiger partial charge >= 0.3 is 6.18 Å². The number of halogens is 5. The number of amides is 2. The van der Waals surface area contributed by atoms with Crippen LogP contribution in [0.3, 0.4) is 0 Å². The largest absolute Gasteiger partial charge is 0.482 e. The van der Waals surface area contributed by atoms with Gasteiger partial charge in [0.1, 0.15) is 11.8 Å². The number of hydrogen-bond acceptors (Lipinski definition) is 3. The molecule has 28 heavy (non-hydrogen) atoms. The molecule has 0 aromatic heterocycles. The van der Waals surface area contributed by atoms with E-state index in [0.717, 1.165) is 0 Å². The number of benzene rings is 2. The van der Waals surface area contributed by atoms with Gasteiger partial charge in [-0.2, -0.15) is 13.2 Å². The molecule has 0 radical (unpaired) electrons. The number of hydrogen-bond donors (Lipinski definition) is 1. The van der Waals surface area contributed by atoms with Crippen molar-refractivity contribution in [1.82, 2.24) is 0 Å². The van der Waals surface area contributed by atoms with E-state index in [4.69, 9.17) is 27.9 Å². The molecule has 1 unspecified atom stereocenters. The molecule has 1 heterocycles. The minimum absolute atomic E-state index is 0.0634. The van der Waals surface area contributed by atoms with Crippen molar-refractivity contribution in [2.24, 2.45) is 0 Å². The first kappa shape index (κ1) is 20.3. The highest BCUT2D eigenvalue weighted by Gasteiger charge is 2.49. The van der Waals surface area contributed by atoms with Gasteiger partial charge in [-0.15, -0.1) is 0 Å². The number of nitrogens with zero attached hydrogens (tertiary/aromatic N) is 1. The Morgan fingerprint density at radius 3 is 2.61 bits per heavy atom. The Kier molecular flexibility index (Phi) is 5.71. The molecular weight excluding hydrogens is 420 g/mol. The third-order valence-electron chi connectivity index (χ3n) is 4.02. The van der Waals surface area contributed by atoms with E-state index < -0.39 is 37.1 Å². The Hall–Kier alpha value is -2.45. The first-order valence-electron chi connectivity index (χ1n) is 8.02.